The second kappa shape index (κ2) is 11.8. The van der Waals surface area contributed by atoms with Crippen molar-refractivity contribution in [3.63, 3.8) is 0 Å². The number of ketones is 1. The van der Waals surface area contributed by atoms with Crippen molar-refractivity contribution < 1.29 is 29.4 Å². The molecule has 10 nitrogen and oxygen atoms in total. The lowest BCUT2D eigenvalue weighted by Gasteiger charge is -2.34. The van der Waals surface area contributed by atoms with Gasteiger partial charge in [-0.25, -0.2) is 4.79 Å². The lowest BCUT2D eigenvalue weighted by molar-refractivity contribution is -0.143. The van der Waals surface area contributed by atoms with E-state index >= 15 is 0 Å². The van der Waals surface area contributed by atoms with Gasteiger partial charge in [0.05, 0.1) is 24.0 Å². The number of phenols is 1. The molecule has 1 aromatic carbocycles. The molecule has 1 aliphatic carbocycles. The molecular formula is C25H32N4O6. The van der Waals surface area contributed by atoms with E-state index in [0.717, 1.165) is 18.5 Å². The lowest BCUT2D eigenvalue weighted by atomic mass is 9.71. The molecule has 0 aromatic heterocycles. The van der Waals surface area contributed by atoms with Crippen molar-refractivity contribution in [2.24, 2.45) is 11.1 Å². The van der Waals surface area contributed by atoms with Gasteiger partial charge in [-0.3, -0.25) is 14.4 Å². The Morgan fingerprint density at radius 2 is 1.91 bits per heavy atom. The van der Waals surface area contributed by atoms with Crippen LogP contribution in [-0.2, 0) is 25.6 Å². The molecule has 4 atom stereocenters. The van der Waals surface area contributed by atoms with E-state index in [-0.39, 0.29) is 30.4 Å². The number of hydrogen-bond donors (Lipinski definition) is 6. The Balaban J connectivity index is 1.57. The molecule has 0 spiro atoms. The predicted molar refractivity (Wildman–Crippen MR) is 128 cm³/mol. The minimum atomic E-state index is -1.31. The van der Waals surface area contributed by atoms with Gasteiger partial charge in [0.25, 0.3) is 0 Å². The summed E-state index contributed by atoms with van der Waals surface area (Å²) < 4.78 is 0. The lowest BCUT2D eigenvalue weighted by Crippen LogP contribution is -2.52. The van der Waals surface area contributed by atoms with Crippen LogP contribution in [0.3, 0.4) is 0 Å². The first-order valence-corrected chi connectivity index (χ1v) is 11.7. The molecule has 1 aromatic rings. The SMILES string of the molecule is N[C@H](Cc1ccc(O)cc1)C(=O)NCC(=O)N[C@H](CC1(C(=O)[C@@H]2CCCN2)C=CC=CC1)C(=O)O. The van der Waals surface area contributed by atoms with Gasteiger partial charge >= 0.3 is 5.97 Å². The molecule has 0 saturated carbocycles. The summed E-state index contributed by atoms with van der Waals surface area (Å²) in [6.45, 7) is 0.284. The van der Waals surface area contributed by atoms with Gasteiger partial charge in [0.2, 0.25) is 11.8 Å². The standard InChI is InChI=1S/C25H32N4O6/c26-18(13-16-6-8-17(30)9-7-16)23(33)28-15-21(31)29-20(24(34)35)14-25(10-2-1-3-11-25)22(32)19-5-4-12-27-19/h1-3,6-10,18-20,27,30H,4-5,11-15,26H2,(H,28,33)(H,29,31)(H,34,35)/t18-,19+,20-,25?/m1/s1. The topological polar surface area (TPSA) is 171 Å². The zero-order chi connectivity index (χ0) is 25.4. The summed E-state index contributed by atoms with van der Waals surface area (Å²) in [6.07, 6.45) is 9.10. The highest BCUT2D eigenvalue weighted by Gasteiger charge is 2.43. The Bertz CT molecular complexity index is 1000. The van der Waals surface area contributed by atoms with E-state index in [1.165, 1.54) is 12.1 Å². The number of nitrogens with one attached hydrogen (secondary N) is 3. The van der Waals surface area contributed by atoms with Crippen LogP contribution in [0, 0.1) is 5.41 Å². The van der Waals surface area contributed by atoms with Crippen molar-refractivity contribution in [2.75, 3.05) is 13.1 Å². The number of carbonyl (C=O) groups is 4. The summed E-state index contributed by atoms with van der Waals surface area (Å²) in [5, 5.41) is 27.1. The molecule has 1 saturated heterocycles. The minimum Gasteiger partial charge on any atom is -0.508 e. The summed E-state index contributed by atoms with van der Waals surface area (Å²) in [5.74, 6) is -2.51. The van der Waals surface area contributed by atoms with Crippen molar-refractivity contribution >= 4 is 23.6 Å². The van der Waals surface area contributed by atoms with Gasteiger partial charge in [-0.15, -0.1) is 0 Å². The predicted octanol–water partition coefficient (Wildman–Crippen LogP) is 0.161. The van der Waals surface area contributed by atoms with E-state index in [2.05, 4.69) is 16.0 Å². The fourth-order valence-corrected chi connectivity index (χ4v) is 4.44. The number of rotatable bonds is 11. The van der Waals surface area contributed by atoms with Gasteiger partial charge < -0.3 is 31.9 Å². The van der Waals surface area contributed by atoms with Crippen LogP contribution in [0.5, 0.6) is 5.75 Å². The Labute approximate surface area is 203 Å². The van der Waals surface area contributed by atoms with Crippen LogP contribution < -0.4 is 21.7 Å². The van der Waals surface area contributed by atoms with Gasteiger partial charge in [0.15, 0.2) is 5.78 Å². The molecule has 35 heavy (non-hydrogen) atoms. The first-order chi connectivity index (χ1) is 16.7. The molecule has 7 N–H and O–H groups in total. The fraction of sp³-hybridized carbons (Fsp3) is 0.440. The number of nitrogens with two attached hydrogens (primary N) is 1. The molecule has 0 radical (unpaired) electrons. The zero-order valence-electron chi connectivity index (χ0n) is 19.4. The number of amides is 2. The number of aliphatic carboxylic acids is 1. The molecule has 2 aliphatic rings. The quantitative estimate of drug-likeness (QED) is 0.258. The van der Waals surface area contributed by atoms with Crippen LogP contribution in [0.15, 0.2) is 48.6 Å². The van der Waals surface area contributed by atoms with E-state index < -0.39 is 41.8 Å². The molecular weight excluding hydrogens is 452 g/mol. The van der Waals surface area contributed by atoms with Gasteiger partial charge in [0, 0.05) is 0 Å². The second-order valence-corrected chi connectivity index (χ2v) is 9.02. The average Bonchev–Trinajstić information content (AvgIpc) is 3.38. The number of aromatic hydroxyl groups is 1. The number of carboxylic acid groups (broad SMARTS) is 1. The number of allylic oxidation sites excluding steroid dienone is 4. The maximum atomic E-state index is 13.3. The maximum Gasteiger partial charge on any atom is 0.326 e. The van der Waals surface area contributed by atoms with Gasteiger partial charge in [-0.2, -0.15) is 0 Å². The summed E-state index contributed by atoms with van der Waals surface area (Å²) in [4.78, 5) is 50.0. The second-order valence-electron chi connectivity index (χ2n) is 9.02. The van der Waals surface area contributed by atoms with Gasteiger partial charge in [-0.05, 0) is 56.3 Å². The van der Waals surface area contributed by atoms with Crippen molar-refractivity contribution in [1.82, 2.24) is 16.0 Å². The molecule has 188 valence electrons. The Hall–Kier alpha value is -3.50. The Morgan fingerprint density at radius 3 is 2.51 bits per heavy atom. The maximum absolute atomic E-state index is 13.3. The van der Waals surface area contributed by atoms with Crippen LogP contribution >= 0.6 is 0 Å². The summed E-state index contributed by atoms with van der Waals surface area (Å²) in [6, 6.07) is 3.66. The molecule has 3 rings (SSSR count). The molecule has 1 fully saturated rings. The highest BCUT2D eigenvalue weighted by molar-refractivity contribution is 5.94. The normalized spacial score (nSPS) is 22.8. The van der Waals surface area contributed by atoms with Gasteiger partial charge in [0.1, 0.15) is 11.8 Å². The number of benzene rings is 1. The number of carbonyl (C=O) groups excluding carboxylic acids is 3. The van der Waals surface area contributed by atoms with Crippen molar-refractivity contribution in [3.8, 4) is 5.75 Å². The van der Waals surface area contributed by atoms with Gasteiger partial charge in [-0.1, -0.05) is 36.4 Å². The van der Waals surface area contributed by atoms with E-state index in [1.807, 2.05) is 6.08 Å². The Kier molecular flexibility index (Phi) is 8.78. The van der Waals surface area contributed by atoms with Crippen molar-refractivity contribution in [2.45, 2.75) is 50.2 Å². The number of carboxylic acids is 1. The third-order valence-corrected chi connectivity index (χ3v) is 6.37. The molecule has 1 heterocycles. The summed E-state index contributed by atoms with van der Waals surface area (Å²) >= 11 is 0. The minimum absolute atomic E-state index is 0.0791. The van der Waals surface area contributed by atoms with E-state index in [9.17, 15) is 29.4 Å². The molecule has 1 unspecified atom stereocenters. The van der Waals surface area contributed by atoms with Crippen LogP contribution in [0.4, 0.5) is 0 Å². The first kappa shape index (κ1) is 26.1. The van der Waals surface area contributed by atoms with Crippen molar-refractivity contribution in [3.05, 3.63) is 54.1 Å². The van der Waals surface area contributed by atoms with E-state index in [0.29, 0.717) is 12.8 Å². The van der Waals surface area contributed by atoms with Crippen molar-refractivity contribution in [1.29, 1.82) is 0 Å². The summed E-state index contributed by atoms with van der Waals surface area (Å²) in [5.41, 5.74) is 5.60. The van der Waals surface area contributed by atoms with E-state index in [1.54, 1.807) is 30.4 Å². The fourth-order valence-electron chi connectivity index (χ4n) is 4.44. The van der Waals surface area contributed by atoms with Crippen LogP contribution in [0.25, 0.3) is 0 Å². The molecule has 0 bridgehead atoms. The third-order valence-electron chi connectivity index (χ3n) is 6.37. The molecule has 2 amide bonds. The number of hydrogen-bond acceptors (Lipinski definition) is 7. The summed E-state index contributed by atoms with van der Waals surface area (Å²) in [7, 11) is 0. The largest absolute Gasteiger partial charge is 0.508 e. The Morgan fingerprint density at radius 1 is 1.17 bits per heavy atom. The monoisotopic (exact) mass is 484 g/mol. The van der Waals surface area contributed by atoms with Crippen LogP contribution in [0.1, 0.15) is 31.2 Å². The highest BCUT2D eigenvalue weighted by Crippen LogP contribution is 2.36. The average molecular weight is 485 g/mol. The van der Waals surface area contributed by atoms with E-state index in [4.69, 9.17) is 5.73 Å². The van der Waals surface area contributed by atoms with Crippen LogP contribution in [0.2, 0.25) is 0 Å². The zero-order valence-corrected chi connectivity index (χ0v) is 19.4. The smallest absolute Gasteiger partial charge is 0.326 e. The highest BCUT2D eigenvalue weighted by atomic mass is 16.4. The number of Topliss-reactive ketones (excluding diaryl/α,β-unsaturated/α-hetero) is 1. The van der Waals surface area contributed by atoms with Crippen LogP contribution in [-0.4, -0.2) is 65.0 Å². The first-order valence-electron chi connectivity index (χ1n) is 11.7. The molecule has 1 aliphatic heterocycles. The third kappa shape index (κ3) is 7.00. The molecule has 10 heteroatoms. The number of phenolic OH excluding ortho intramolecular Hbond substituents is 1.